The van der Waals surface area contributed by atoms with E-state index in [-0.39, 0.29) is 6.03 Å². The number of nitrogens with zero attached hydrogens (tertiary/aromatic N) is 5. The van der Waals surface area contributed by atoms with Gasteiger partial charge in [-0.1, -0.05) is 0 Å². The molecule has 0 spiro atoms. The molecule has 0 radical (unpaired) electrons. The Morgan fingerprint density at radius 1 is 1.08 bits per heavy atom. The molecule has 1 aromatic heterocycles. The predicted octanol–water partition coefficient (Wildman–Crippen LogP) is 3.18. The largest absolute Gasteiger partial charge is 0.324 e. The van der Waals surface area contributed by atoms with Crippen LogP contribution in [0.5, 0.6) is 0 Å². The lowest BCUT2D eigenvalue weighted by molar-refractivity contribution is 0.0837. The Morgan fingerprint density at radius 3 is 2.54 bits per heavy atom. The second-order valence-electron chi connectivity index (χ2n) is 7.93. The van der Waals surface area contributed by atoms with E-state index in [0.29, 0.717) is 24.0 Å². The van der Waals surface area contributed by atoms with E-state index in [1.807, 2.05) is 6.33 Å². The third-order valence-electron chi connectivity index (χ3n) is 6.01. The van der Waals surface area contributed by atoms with E-state index in [4.69, 9.17) is 0 Å². The summed E-state index contributed by atoms with van der Waals surface area (Å²) in [6.45, 7) is 6.06. The quantitative estimate of drug-likeness (QED) is 0.836. The zero-order chi connectivity index (χ0) is 16.7. The van der Waals surface area contributed by atoms with Gasteiger partial charge in [-0.3, -0.25) is 0 Å². The predicted molar refractivity (Wildman–Crippen MR) is 91.9 cm³/mol. The summed E-state index contributed by atoms with van der Waals surface area (Å²) in [6, 6.07) is 1.55. The summed E-state index contributed by atoms with van der Waals surface area (Å²) in [6.07, 6.45) is 10.0. The maximum Gasteiger partial charge on any atom is 0.320 e. The number of piperidine rings is 2. The minimum atomic E-state index is 0.233. The van der Waals surface area contributed by atoms with E-state index < -0.39 is 0 Å². The molecule has 3 aliphatic rings. The number of likely N-dealkylation sites (tertiary alicyclic amines) is 2. The van der Waals surface area contributed by atoms with Crippen LogP contribution in [0.1, 0.15) is 76.6 Å². The first kappa shape index (κ1) is 15.9. The molecule has 6 nitrogen and oxygen atoms in total. The fourth-order valence-electron chi connectivity index (χ4n) is 4.50. The molecule has 1 aliphatic carbocycles. The highest BCUT2D eigenvalue weighted by molar-refractivity contribution is 5.75. The lowest BCUT2D eigenvalue weighted by Gasteiger charge is -2.43. The summed E-state index contributed by atoms with van der Waals surface area (Å²) in [5, 5.41) is 8.54. The average molecular weight is 331 g/mol. The summed E-state index contributed by atoms with van der Waals surface area (Å²) in [4.78, 5) is 17.3. The number of amides is 2. The Morgan fingerprint density at radius 2 is 1.83 bits per heavy atom. The summed E-state index contributed by atoms with van der Waals surface area (Å²) < 4.78 is 2.25. The van der Waals surface area contributed by atoms with Gasteiger partial charge in [0.25, 0.3) is 0 Å². The van der Waals surface area contributed by atoms with Gasteiger partial charge in [-0.25, -0.2) is 4.79 Å². The standard InChI is InChI=1S/C18H29N5O/c1-13-5-3-6-14(2)23(13)18(24)21-10-4-7-15(11-21)17-20-19-12-22(17)16-8-9-16/h12-16H,3-11H2,1-2H3/t13-,14-,15+/m1/s1. The van der Waals surface area contributed by atoms with E-state index in [1.54, 1.807) is 0 Å². The average Bonchev–Trinajstić information content (AvgIpc) is 3.31. The summed E-state index contributed by atoms with van der Waals surface area (Å²) in [5.41, 5.74) is 0. The molecule has 0 bridgehead atoms. The van der Waals surface area contributed by atoms with Crippen molar-refractivity contribution in [2.24, 2.45) is 0 Å². The van der Waals surface area contributed by atoms with Crippen LogP contribution >= 0.6 is 0 Å². The van der Waals surface area contributed by atoms with Gasteiger partial charge in [0, 0.05) is 37.1 Å². The molecule has 0 unspecified atom stereocenters. The number of hydrogen-bond donors (Lipinski definition) is 0. The van der Waals surface area contributed by atoms with Crippen molar-refractivity contribution in [3.63, 3.8) is 0 Å². The van der Waals surface area contributed by atoms with E-state index >= 15 is 0 Å². The maximum atomic E-state index is 13.1. The lowest BCUT2D eigenvalue weighted by Crippen LogP contribution is -2.54. The highest BCUT2D eigenvalue weighted by Gasteiger charge is 2.36. The van der Waals surface area contributed by atoms with Gasteiger partial charge in [-0.2, -0.15) is 0 Å². The zero-order valence-electron chi connectivity index (χ0n) is 14.9. The number of carbonyl (C=O) groups is 1. The number of hydrogen-bond acceptors (Lipinski definition) is 3. The Kier molecular flexibility index (Phi) is 4.22. The highest BCUT2D eigenvalue weighted by atomic mass is 16.2. The molecular weight excluding hydrogens is 302 g/mol. The normalized spacial score (nSPS) is 31.3. The van der Waals surface area contributed by atoms with Crippen molar-refractivity contribution in [3.8, 4) is 0 Å². The van der Waals surface area contributed by atoms with Gasteiger partial charge in [-0.15, -0.1) is 10.2 Å². The molecule has 4 rings (SSSR count). The van der Waals surface area contributed by atoms with Gasteiger partial charge in [0.15, 0.2) is 0 Å². The van der Waals surface area contributed by atoms with E-state index in [1.165, 1.54) is 19.3 Å². The van der Waals surface area contributed by atoms with E-state index in [9.17, 15) is 4.79 Å². The van der Waals surface area contributed by atoms with Crippen LogP contribution < -0.4 is 0 Å². The Bertz CT molecular complexity index is 586. The molecule has 24 heavy (non-hydrogen) atoms. The molecule has 2 saturated heterocycles. The minimum absolute atomic E-state index is 0.233. The van der Waals surface area contributed by atoms with Crippen molar-refractivity contribution in [2.75, 3.05) is 13.1 Å². The minimum Gasteiger partial charge on any atom is -0.324 e. The van der Waals surface area contributed by atoms with Crippen molar-refractivity contribution in [1.82, 2.24) is 24.6 Å². The second kappa shape index (κ2) is 6.37. The smallest absolute Gasteiger partial charge is 0.320 e. The summed E-state index contributed by atoms with van der Waals surface area (Å²) in [5.74, 6) is 1.43. The Hall–Kier alpha value is -1.59. The second-order valence-corrected chi connectivity index (χ2v) is 7.93. The van der Waals surface area contributed by atoms with Crippen LogP contribution in [0.3, 0.4) is 0 Å². The maximum absolute atomic E-state index is 13.1. The van der Waals surface area contributed by atoms with E-state index in [0.717, 1.165) is 44.6 Å². The first-order chi connectivity index (χ1) is 11.6. The van der Waals surface area contributed by atoms with Gasteiger partial charge >= 0.3 is 6.03 Å². The molecule has 132 valence electrons. The molecule has 6 heteroatoms. The fraction of sp³-hybridized carbons (Fsp3) is 0.833. The van der Waals surface area contributed by atoms with Crippen LogP contribution in [-0.4, -0.2) is 55.8 Å². The van der Waals surface area contributed by atoms with Crippen molar-refractivity contribution in [2.45, 2.75) is 82.8 Å². The number of urea groups is 1. The van der Waals surface area contributed by atoms with Crippen LogP contribution in [0, 0.1) is 0 Å². The molecule has 3 fully saturated rings. The van der Waals surface area contributed by atoms with Crippen molar-refractivity contribution >= 4 is 6.03 Å². The zero-order valence-corrected chi connectivity index (χ0v) is 14.9. The van der Waals surface area contributed by atoms with Gasteiger partial charge in [0.05, 0.1) is 0 Å². The molecular formula is C18H29N5O. The van der Waals surface area contributed by atoms with Crippen LogP contribution in [0.25, 0.3) is 0 Å². The van der Waals surface area contributed by atoms with Crippen LogP contribution in [0.4, 0.5) is 4.79 Å². The third-order valence-corrected chi connectivity index (χ3v) is 6.01. The van der Waals surface area contributed by atoms with Crippen molar-refractivity contribution < 1.29 is 4.79 Å². The van der Waals surface area contributed by atoms with Crippen LogP contribution in [-0.2, 0) is 0 Å². The molecule has 0 aromatic carbocycles. The number of carbonyl (C=O) groups excluding carboxylic acids is 1. The van der Waals surface area contributed by atoms with Crippen LogP contribution in [0.15, 0.2) is 6.33 Å². The SMILES string of the molecule is C[C@@H]1CCC[C@@H](C)N1C(=O)N1CCC[C@H](c2nncn2C2CC2)C1. The number of aromatic nitrogens is 3. The van der Waals surface area contributed by atoms with Gasteiger partial charge in [0.2, 0.25) is 0 Å². The molecule has 0 N–H and O–H groups in total. The lowest BCUT2D eigenvalue weighted by atomic mass is 9.95. The molecule has 3 heterocycles. The monoisotopic (exact) mass is 331 g/mol. The fourth-order valence-corrected chi connectivity index (χ4v) is 4.50. The van der Waals surface area contributed by atoms with Gasteiger partial charge in [0.1, 0.15) is 12.2 Å². The first-order valence-corrected chi connectivity index (χ1v) is 9.61. The topological polar surface area (TPSA) is 54.3 Å². The van der Waals surface area contributed by atoms with Crippen molar-refractivity contribution in [3.05, 3.63) is 12.2 Å². The molecule has 1 saturated carbocycles. The highest BCUT2D eigenvalue weighted by Crippen LogP contribution is 2.38. The Labute approximate surface area is 144 Å². The van der Waals surface area contributed by atoms with Crippen molar-refractivity contribution in [1.29, 1.82) is 0 Å². The van der Waals surface area contributed by atoms with E-state index in [2.05, 4.69) is 38.4 Å². The first-order valence-electron chi connectivity index (χ1n) is 9.61. The molecule has 3 atom stereocenters. The molecule has 2 aliphatic heterocycles. The Balaban J connectivity index is 1.48. The molecule has 1 aromatic rings. The van der Waals surface area contributed by atoms with Crippen LogP contribution in [0.2, 0.25) is 0 Å². The summed E-state index contributed by atoms with van der Waals surface area (Å²) >= 11 is 0. The third kappa shape index (κ3) is 2.91. The number of rotatable bonds is 2. The molecule has 2 amide bonds. The summed E-state index contributed by atoms with van der Waals surface area (Å²) in [7, 11) is 0. The van der Waals surface area contributed by atoms with Gasteiger partial charge < -0.3 is 14.4 Å². The van der Waals surface area contributed by atoms with Gasteiger partial charge in [-0.05, 0) is 58.8 Å².